The SMILES string of the molecule is CCc1cc2c(s1)CCOC21CCN(CC2CC(NS(=O)(=O)C(C)C)C2)CC1. The van der Waals surface area contributed by atoms with Gasteiger partial charge in [-0.05, 0) is 63.5 Å². The molecule has 4 rings (SSSR count). The van der Waals surface area contributed by atoms with Crippen molar-refractivity contribution in [1.29, 1.82) is 0 Å². The van der Waals surface area contributed by atoms with Gasteiger partial charge in [-0.2, -0.15) is 0 Å². The molecule has 0 atom stereocenters. The van der Waals surface area contributed by atoms with Gasteiger partial charge in [-0.1, -0.05) is 6.92 Å². The minimum atomic E-state index is -3.14. The van der Waals surface area contributed by atoms with Crippen molar-refractivity contribution in [2.24, 2.45) is 5.92 Å². The largest absolute Gasteiger partial charge is 0.370 e. The molecular weight excluding hydrogens is 392 g/mol. The molecule has 0 radical (unpaired) electrons. The van der Waals surface area contributed by atoms with E-state index in [-0.39, 0.29) is 16.9 Å². The van der Waals surface area contributed by atoms with Crippen molar-refractivity contribution >= 4 is 21.4 Å². The Bertz CT molecular complexity index is 789. The highest BCUT2D eigenvalue weighted by Crippen LogP contribution is 2.45. The molecule has 3 heterocycles. The molecule has 158 valence electrons. The average Bonchev–Trinajstić information content (AvgIpc) is 3.06. The molecule has 0 bridgehead atoms. The Hall–Kier alpha value is -0.470. The second kappa shape index (κ2) is 7.99. The number of thiophene rings is 1. The Kier molecular flexibility index (Phi) is 5.93. The van der Waals surface area contributed by atoms with Gasteiger partial charge < -0.3 is 9.64 Å². The van der Waals surface area contributed by atoms with E-state index >= 15 is 0 Å². The summed E-state index contributed by atoms with van der Waals surface area (Å²) in [7, 11) is -3.14. The zero-order chi connectivity index (χ0) is 19.9. The average molecular weight is 427 g/mol. The Labute approximate surface area is 173 Å². The topological polar surface area (TPSA) is 58.6 Å². The maximum absolute atomic E-state index is 12.0. The lowest BCUT2D eigenvalue weighted by atomic mass is 9.78. The van der Waals surface area contributed by atoms with Crippen LogP contribution in [0.15, 0.2) is 6.07 Å². The molecule has 7 heteroatoms. The quantitative estimate of drug-likeness (QED) is 0.758. The standard InChI is InChI=1S/C21H34N2O3S2/c1-4-18-13-19-20(27-18)5-10-26-21(19)6-8-23(9-7-21)14-16-11-17(12-16)22-28(24,25)15(2)3/h13,15-17,22H,4-12,14H2,1-3H3. The summed E-state index contributed by atoms with van der Waals surface area (Å²) in [4.78, 5) is 5.60. The molecule has 1 saturated carbocycles. The first-order valence-electron chi connectivity index (χ1n) is 10.8. The van der Waals surface area contributed by atoms with E-state index < -0.39 is 10.0 Å². The third-order valence-corrected chi connectivity index (χ3v) is 10.0. The lowest BCUT2D eigenvalue weighted by Gasteiger charge is -2.46. The van der Waals surface area contributed by atoms with Crippen LogP contribution in [0.1, 0.15) is 61.8 Å². The van der Waals surface area contributed by atoms with Gasteiger partial charge >= 0.3 is 0 Å². The van der Waals surface area contributed by atoms with Crippen LogP contribution in [-0.4, -0.2) is 50.9 Å². The molecule has 0 aromatic carbocycles. The maximum Gasteiger partial charge on any atom is 0.214 e. The first kappa shape index (κ1) is 20.8. The van der Waals surface area contributed by atoms with E-state index in [1.807, 2.05) is 11.3 Å². The molecule has 1 aliphatic carbocycles. The maximum atomic E-state index is 12.0. The number of aryl methyl sites for hydroxylation is 1. The summed E-state index contributed by atoms with van der Waals surface area (Å²) in [5, 5.41) is -0.351. The third kappa shape index (κ3) is 4.06. The summed E-state index contributed by atoms with van der Waals surface area (Å²) in [5.41, 5.74) is 1.43. The zero-order valence-electron chi connectivity index (χ0n) is 17.4. The number of nitrogens with one attached hydrogen (secondary N) is 1. The van der Waals surface area contributed by atoms with E-state index in [4.69, 9.17) is 4.74 Å². The molecule has 0 unspecified atom stereocenters. The van der Waals surface area contributed by atoms with Gasteiger partial charge in [-0.25, -0.2) is 13.1 Å². The highest BCUT2D eigenvalue weighted by atomic mass is 32.2. The van der Waals surface area contributed by atoms with Crippen LogP contribution in [0.5, 0.6) is 0 Å². The number of hydrogen-bond donors (Lipinski definition) is 1. The summed E-state index contributed by atoms with van der Waals surface area (Å²) >= 11 is 1.98. The number of fused-ring (bicyclic) bond motifs is 2. The van der Waals surface area contributed by atoms with Gasteiger partial charge in [0.2, 0.25) is 10.0 Å². The molecule has 1 aromatic heterocycles. The Morgan fingerprint density at radius 2 is 2.04 bits per heavy atom. The Balaban J connectivity index is 1.28. The van der Waals surface area contributed by atoms with Crippen molar-refractivity contribution in [2.45, 2.75) is 76.2 Å². The van der Waals surface area contributed by atoms with Gasteiger partial charge in [0, 0.05) is 41.9 Å². The molecule has 1 spiro atoms. The van der Waals surface area contributed by atoms with E-state index in [1.54, 1.807) is 18.7 Å². The molecule has 1 N–H and O–H groups in total. The smallest absolute Gasteiger partial charge is 0.214 e. The summed E-state index contributed by atoms with van der Waals surface area (Å²) in [6.07, 6.45) is 6.29. The van der Waals surface area contributed by atoms with Crippen LogP contribution in [0.2, 0.25) is 0 Å². The first-order valence-corrected chi connectivity index (χ1v) is 13.2. The fraction of sp³-hybridized carbons (Fsp3) is 0.810. The first-order chi connectivity index (χ1) is 13.3. The van der Waals surface area contributed by atoms with Crippen LogP contribution in [0.25, 0.3) is 0 Å². The molecule has 2 fully saturated rings. The van der Waals surface area contributed by atoms with Crippen LogP contribution in [0.4, 0.5) is 0 Å². The molecule has 0 amide bonds. The summed E-state index contributed by atoms with van der Waals surface area (Å²) in [5.74, 6) is 0.615. The predicted octanol–water partition coefficient (Wildman–Crippen LogP) is 3.28. The van der Waals surface area contributed by atoms with Gasteiger partial charge in [0.05, 0.1) is 17.5 Å². The second-order valence-corrected chi connectivity index (χ2v) is 12.5. The van der Waals surface area contributed by atoms with Crippen LogP contribution in [-0.2, 0) is 33.2 Å². The number of sulfonamides is 1. The van der Waals surface area contributed by atoms with Crippen molar-refractivity contribution in [2.75, 3.05) is 26.2 Å². The summed E-state index contributed by atoms with van der Waals surface area (Å²) < 4.78 is 33.2. The molecular formula is C21H34N2O3S2. The third-order valence-electron chi connectivity index (χ3n) is 6.77. The minimum absolute atomic E-state index is 0.0525. The highest BCUT2D eigenvalue weighted by Gasteiger charge is 2.43. The number of piperidine rings is 1. The van der Waals surface area contributed by atoms with E-state index in [1.165, 1.54) is 10.4 Å². The molecule has 1 aromatic rings. The zero-order valence-corrected chi connectivity index (χ0v) is 19.0. The Morgan fingerprint density at radius 1 is 1.32 bits per heavy atom. The van der Waals surface area contributed by atoms with Gasteiger partial charge in [-0.3, -0.25) is 0 Å². The second-order valence-electron chi connectivity index (χ2n) is 9.04. The minimum Gasteiger partial charge on any atom is -0.370 e. The van der Waals surface area contributed by atoms with Crippen LogP contribution >= 0.6 is 11.3 Å². The number of likely N-dealkylation sites (tertiary alicyclic amines) is 1. The normalized spacial score (nSPS) is 27.7. The van der Waals surface area contributed by atoms with Gasteiger partial charge in [0.15, 0.2) is 0 Å². The van der Waals surface area contributed by atoms with Crippen LogP contribution in [0.3, 0.4) is 0 Å². The van der Waals surface area contributed by atoms with E-state index in [0.29, 0.717) is 5.92 Å². The van der Waals surface area contributed by atoms with E-state index in [9.17, 15) is 8.42 Å². The number of nitrogens with zero attached hydrogens (tertiary/aromatic N) is 1. The van der Waals surface area contributed by atoms with Gasteiger partial charge in [0.1, 0.15) is 0 Å². The predicted molar refractivity (Wildman–Crippen MR) is 114 cm³/mol. The molecule has 2 aliphatic heterocycles. The van der Waals surface area contributed by atoms with Crippen molar-refractivity contribution in [3.8, 4) is 0 Å². The number of ether oxygens (including phenoxy) is 1. The van der Waals surface area contributed by atoms with Crippen molar-refractivity contribution in [3.63, 3.8) is 0 Å². The lowest BCUT2D eigenvalue weighted by molar-refractivity contribution is -0.0995. The highest BCUT2D eigenvalue weighted by molar-refractivity contribution is 7.90. The number of rotatable bonds is 6. The lowest BCUT2D eigenvalue weighted by Crippen LogP contribution is -2.51. The fourth-order valence-electron chi connectivity index (χ4n) is 4.87. The molecule has 28 heavy (non-hydrogen) atoms. The van der Waals surface area contributed by atoms with E-state index in [0.717, 1.165) is 64.8 Å². The van der Waals surface area contributed by atoms with Gasteiger partial charge in [-0.15, -0.1) is 11.3 Å². The number of hydrogen-bond acceptors (Lipinski definition) is 5. The monoisotopic (exact) mass is 426 g/mol. The van der Waals surface area contributed by atoms with E-state index in [2.05, 4.69) is 22.6 Å². The van der Waals surface area contributed by atoms with Crippen molar-refractivity contribution in [3.05, 3.63) is 21.4 Å². The molecule has 1 saturated heterocycles. The summed E-state index contributed by atoms with van der Waals surface area (Å²) in [6, 6.07) is 2.54. The molecule has 5 nitrogen and oxygen atoms in total. The van der Waals surface area contributed by atoms with Crippen LogP contribution < -0.4 is 4.72 Å². The van der Waals surface area contributed by atoms with Gasteiger partial charge in [0.25, 0.3) is 0 Å². The Morgan fingerprint density at radius 3 is 2.68 bits per heavy atom. The fourth-order valence-corrected chi connectivity index (χ4v) is 6.98. The van der Waals surface area contributed by atoms with Crippen molar-refractivity contribution in [1.82, 2.24) is 9.62 Å². The van der Waals surface area contributed by atoms with Crippen LogP contribution in [0, 0.1) is 5.92 Å². The molecule has 3 aliphatic rings. The summed E-state index contributed by atoms with van der Waals surface area (Å²) in [6.45, 7) is 9.81. The van der Waals surface area contributed by atoms with Crippen molar-refractivity contribution < 1.29 is 13.2 Å².